The molecule has 18 rings (SSSR count). The first-order chi connectivity index (χ1) is 64.3. The average Bonchev–Trinajstić information content (AvgIpc) is 1.79. The van der Waals surface area contributed by atoms with Gasteiger partial charge in [-0.3, -0.25) is 59.4 Å². The van der Waals surface area contributed by atoms with E-state index in [1.54, 1.807) is 36.4 Å². The van der Waals surface area contributed by atoms with E-state index in [2.05, 4.69) is 60.5 Å². The van der Waals surface area contributed by atoms with Crippen molar-refractivity contribution in [3.63, 3.8) is 0 Å². The Labute approximate surface area is 763 Å². The Kier molecular flexibility index (Phi) is 29.8. The van der Waals surface area contributed by atoms with Gasteiger partial charge in [0.25, 0.3) is 33.4 Å². The minimum absolute atomic E-state index is 0.00723. The summed E-state index contributed by atoms with van der Waals surface area (Å²) in [5.74, 6) is -6.21. The molecule has 1 aliphatic carbocycles. The largest absolute Gasteiger partial charge is 0.478 e. The summed E-state index contributed by atoms with van der Waals surface area (Å²) in [6.07, 6.45) is 12.9. The predicted octanol–water partition coefficient (Wildman–Crippen LogP) is 13.8. The number of aromatic nitrogens is 18. The molecule has 1 unspecified atom stereocenters. The van der Waals surface area contributed by atoms with Crippen molar-refractivity contribution in [1.29, 1.82) is 0 Å². The Balaban J connectivity index is 0.000000136. The molecule has 12 aromatic heterocycles. The summed E-state index contributed by atoms with van der Waals surface area (Å²) in [7, 11) is 0. The number of carboxylic acid groups (broad SMARTS) is 6. The Morgan fingerprint density at radius 3 is 1.15 bits per heavy atom. The number of aromatic carboxylic acids is 6. The molecule has 0 amide bonds. The molecular weight excluding hydrogens is 1780 g/mol. The Morgan fingerprint density at radius 2 is 0.731 bits per heavy atom. The van der Waals surface area contributed by atoms with Crippen LogP contribution in [-0.2, 0) is 12.8 Å². The molecule has 1 aliphatic rings. The van der Waals surface area contributed by atoms with Crippen molar-refractivity contribution in [2.45, 2.75) is 64.2 Å². The van der Waals surface area contributed by atoms with E-state index in [1.165, 1.54) is 183 Å². The molecule has 0 radical (unpaired) electrons. The molecule has 0 bridgehead atoms. The summed E-state index contributed by atoms with van der Waals surface area (Å²) < 4.78 is 34.6. The molecule has 0 saturated heterocycles. The molecule has 12 heterocycles. The first-order valence-corrected chi connectivity index (χ1v) is 41.2. The minimum atomic E-state index is -1.16. The topological polar surface area (TPSA) is 528 Å². The van der Waals surface area contributed by atoms with Gasteiger partial charge in [0.05, 0.1) is 44.8 Å². The maximum absolute atomic E-state index is 13.7. The Morgan fingerprint density at radius 1 is 0.373 bits per heavy atom. The predicted molar refractivity (Wildman–Crippen MR) is 486 cm³/mol. The number of halogens is 4. The Bertz CT molecular complexity index is 7590. The average molecular weight is 1850 g/mol. The molecule has 1 atom stereocenters. The summed E-state index contributed by atoms with van der Waals surface area (Å²) in [5, 5.41) is 72.8. The van der Waals surface area contributed by atoms with E-state index < -0.39 is 53.0 Å². The van der Waals surface area contributed by atoms with E-state index in [1.807, 2.05) is 86.6 Å². The van der Waals surface area contributed by atoms with Crippen LogP contribution >= 0.6 is 23.2 Å². The van der Waals surface area contributed by atoms with Crippen molar-refractivity contribution in [1.82, 2.24) is 88.6 Å². The summed E-state index contributed by atoms with van der Waals surface area (Å²) >= 11 is 12.0. The van der Waals surface area contributed by atoms with Gasteiger partial charge in [-0.25, -0.2) is 95.5 Å². The molecule has 134 heavy (non-hydrogen) atoms. The van der Waals surface area contributed by atoms with E-state index in [4.69, 9.17) is 53.8 Å². The highest BCUT2D eigenvalue weighted by Gasteiger charge is 2.23. The van der Waals surface area contributed by atoms with Crippen LogP contribution < -0.4 is 33.4 Å². The lowest BCUT2D eigenvalue weighted by Crippen LogP contribution is -2.15. The molecule has 5 aromatic carbocycles. The maximum atomic E-state index is 13.7. The van der Waals surface area contributed by atoms with Gasteiger partial charge in [-0.1, -0.05) is 133 Å². The number of hydrogen-bond acceptors (Lipinski definition) is 18. The summed E-state index contributed by atoms with van der Waals surface area (Å²) in [6.45, 7) is 3.96. The minimum Gasteiger partial charge on any atom is -0.478 e. The smallest absolute Gasteiger partial charge is 0.335 e. The molecule has 1 saturated carbocycles. The number of aryl methyl sites for hydroxylation is 1. The number of rotatable bonds is 21. The molecule has 678 valence electrons. The van der Waals surface area contributed by atoms with E-state index >= 15 is 0 Å². The van der Waals surface area contributed by atoms with Crippen LogP contribution in [0.25, 0.3) is 57.4 Å². The van der Waals surface area contributed by atoms with Crippen molar-refractivity contribution in [2.75, 3.05) is 0 Å². The van der Waals surface area contributed by atoms with E-state index in [0.717, 1.165) is 68.9 Å². The lowest BCUT2D eigenvalue weighted by Gasteiger charge is -2.09. The van der Waals surface area contributed by atoms with E-state index in [9.17, 15) is 66.3 Å². The van der Waals surface area contributed by atoms with Crippen molar-refractivity contribution < 1.29 is 68.2 Å². The zero-order chi connectivity index (χ0) is 95.6. The van der Waals surface area contributed by atoms with Crippen molar-refractivity contribution in [3.8, 4) is 57.4 Å². The fraction of sp³-hybridized carbons (Fsp3) is 0.106. The molecule has 36 nitrogen and oxygen atoms in total. The number of nitrogens with one attached hydrogen (secondary N) is 6. The van der Waals surface area contributed by atoms with Crippen LogP contribution in [0.4, 0.5) is 8.78 Å². The number of hydrogen-bond donors (Lipinski definition) is 12. The number of pyridine rings is 6. The molecule has 12 N–H and O–H groups in total. The van der Waals surface area contributed by atoms with Crippen LogP contribution in [0.3, 0.4) is 0 Å². The highest BCUT2D eigenvalue weighted by Crippen LogP contribution is 2.33. The number of carbonyl (C=O) groups is 6. The normalized spacial score (nSPS) is 11.6. The van der Waals surface area contributed by atoms with Crippen LogP contribution in [0.15, 0.2) is 296 Å². The van der Waals surface area contributed by atoms with Crippen LogP contribution in [0.1, 0.15) is 152 Å². The van der Waals surface area contributed by atoms with E-state index in [0.29, 0.717) is 45.3 Å². The third-order valence-electron chi connectivity index (χ3n) is 20.6. The molecule has 1 fully saturated rings. The second kappa shape index (κ2) is 42.5. The molecule has 40 heteroatoms. The van der Waals surface area contributed by atoms with Gasteiger partial charge in [-0.05, 0) is 151 Å². The fourth-order valence-electron chi connectivity index (χ4n) is 13.8. The molecule has 0 aliphatic heterocycles. The first-order valence-electron chi connectivity index (χ1n) is 40.4. The second-order valence-electron chi connectivity index (χ2n) is 29.7. The van der Waals surface area contributed by atoms with E-state index in [-0.39, 0.29) is 114 Å². The first kappa shape index (κ1) is 93.9. The summed E-state index contributed by atoms with van der Waals surface area (Å²) in [5.41, 5.74) is 6.74. The number of aromatic amines is 6. The van der Waals surface area contributed by atoms with Gasteiger partial charge in [0, 0.05) is 137 Å². The fourth-order valence-corrected chi connectivity index (χ4v) is 14.1. The zero-order valence-electron chi connectivity index (χ0n) is 70.3. The van der Waals surface area contributed by atoms with Gasteiger partial charge >= 0.3 is 35.8 Å². The molecule has 0 spiro atoms. The van der Waals surface area contributed by atoms with Crippen molar-refractivity contribution in [3.05, 3.63) is 430 Å². The highest BCUT2D eigenvalue weighted by atomic mass is 35.5. The van der Waals surface area contributed by atoms with Crippen LogP contribution in [-0.4, -0.2) is 155 Å². The van der Waals surface area contributed by atoms with Crippen molar-refractivity contribution >= 4 is 59.0 Å². The highest BCUT2D eigenvalue weighted by molar-refractivity contribution is 6.31. The van der Waals surface area contributed by atoms with Crippen LogP contribution in [0, 0.1) is 18.6 Å². The van der Waals surface area contributed by atoms with Crippen LogP contribution in [0.2, 0.25) is 10.0 Å². The number of benzene rings is 5. The molecular formula is C94H76Cl2F2N18O18. The number of H-pyrrole nitrogens is 6. The zero-order valence-corrected chi connectivity index (χ0v) is 71.8. The van der Waals surface area contributed by atoms with Gasteiger partial charge in [0.2, 0.25) is 0 Å². The monoisotopic (exact) mass is 1850 g/mol. The van der Waals surface area contributed by atoms with Gasteiger partial charge in [-0.15, -0.1) is 0 Å². The van der Waals surface area contributed by atoms with Gasteiger partial charge in [-0.2, -0.15) is 0 Å². The van der Waals surface area contributed by atoms with Gasteiger partial charge in [0.15, 0.2) is 34.9 Å². The van der Waals surface area contributed by atoms with Gasteiger partial charge in [0.1, 0.15) is 11.6 Å². The number of carboxylic acids is 6. The quantitative estimate of drug-likeness (QED) is 0.0318. The lowest BCUT2D eigenvalue weighted by atomic mass is 9.98. The Hall–Kier alpha value is -17.7. The standard InChI is InChI=1S/C17H15N3O3.C16H12ClN3O3.C16H11F2N3O3.C16H13N3O3.C15H10ClN3O3.C14H15N3O3/c1-11(12-5-3-2-4-6-12)14-10-16(21)20(19-14)15-9-13(17(22)23)7-8-18-15;17-13-4-2-1-3-10(13)7-12-9-15(21)20(19-12)14-8-11(16(22)23)5-6-18-14;17-12-2-1-3-13(18)11(12)7-10-8-15(22)21(20-10)14-6-9(16(23)24)4-5-19-14;1-10-3-2-4-11(7-10)13-9-15(20)19(18-13)14-8-12(16(21)22)5-6-17-14;16-11-3-1-9(2-4-11)12-8-14(20)19(18-12)13-7-10(15(21)22)5-6-17-13;18-13-8-11(9-3-1-2-4-9)16-17(13)12-7-10(14(19)20)5-6-15-12/h2-11,19H,1H3,(H,22,23);1-6,8-9,19H,7H2,(H,22,23);1-6,8,20H,7H2,(H,23,24);2-9,18H,1H3,(H,21,22);1-8,18H,(H,21,22);5-9,16H,1-4H2,(H,19,20). The lowest BCUT2D eigenvalue weighted by molar-refractivity contribution is 0.0686. The third kappa shape index (κ3) is 23.4. The number of nitrogens with zero attached hydrogens (tertiary/aromatic N) is 12. The third-order valence-corrected chi connectivity index (χ3v) is 21.2. The maximum Gasteiger partial charge on any atom is 0.335 e. The van der Waals surface area contributed by atoms with Gasteiger partial charge < -0.3 is 30.6 Å². The molecule has 17 aromatic rings. The van der Waals surface area contributed by atoms with Crippen LogP contribution in [0.5, 0.6) is 0 Å². The van der Waals surface area contributed by atoms with Crippen molar-refractivity contribution in [2.24, 2.45) is 0 Å². The summed E-state index contributed by atoms with van der Waals surface area (Å²) in [6, 6.07) is 60.1. The second-order valence-corrected chi connectivity index (χ2v) is 30.6. The summed E-state index contributed by atoms with van der Waals surface area (Å²) in [4.78, 5) is 163. The SMILES string of the molecule is CC(c1ccccc1)c1cc(=O)n(-c2cc(C(=O)O)ccn2)[nH]1.Cc1cccc(-c2cc(=O)n(-c3cc(C(=O)O)ccn3)[nH]2)c1.O=C(O)c1ccnc(-n2[nH]c(-c3ccc(Cl)cc3)cc2=O)c1.O=C(O)c1ccnc(-n2[nH]c(C3CCCC3)cc2=O)c1.O=C(O)c1ccnc(-n2[nH]c(Cc3c(F)cccc3F)cc2=O)c1.O=C(O)c1ccnc(-n2[nH]c(Cc3ccccc3Cl)cc2=O)c1.